The third kappa shape index (κ3) is 4.92. The number of aromatic nitrogens is 1. The molecule has 7 nitrogen and oxygen atoms in total. The van der Waals surface area contributed by atoms with E-state index in [1.54, 1.807) is 17.8 Å². The van der Waals surface area contributed by atoms with Gasteiger partial charge in [-0.2, -0.15) is 4.31 Å². The van der Waals surface area contributed by atoms with Crippen LogP contribution >= 0.6 is 0 Å². The first-order valence-electron chi connectivity index (χ1n) is 11.6. The van der Waals surface area contributed by atoms with E-state index in [0.29, 0.717) is 25.3 Å². The van der Waals surface area contributed by atoms with Crippen LogP contribution in [0.1, 0.15) is 54.7 Å². The maximum absolute atomic E-state index is 13.0. The van der Waals surface area contributed by atoms with Crippen LogP contribution in [0, 0.1) is 5.92 Å². The van der Waals surface area contributed by atoms with Gasteiger partial charge >= 0.3 is 0 Å². The molecule has 32 heavy (non-hydrogen) atoms. The van der Waals surface area contributed by atoms with Crippen molar-refractivity contribution in [3.8, 4) is 0 Å². The van der Waals surface area contributed by atoms with Crippen LogP contribution in [0.5, 0.6) is 0 Å². The first kappa shape index (κ1) is 23.0. The van der Waals surface area contributed by atoms with Crippen molar-refractivity contribution in [2.75, 3.05) is 32.7 Å². The first-order valence-corrected chi connectivity index (χ1v) is 13.0. The van der Waals surface area contributed by atoms with Crippen LogP contribution in [0.25, 0.3) is 0 Å². The van der Waals surface area contributed by atoms with Crippen molar-refractivity contribution in [1.82, 2.24) is 19.1 Å². The number of benzene rings is 1. The molecule has 0 aliphatic carbocycles. The molecule has 0 saturated carbocycles. The molecule has 1 amide bonds. The SMILES string of the molecule is CC1CCN(C(CNC(=O)c2cc(S(=O)(=O)N3CCCC3)cn2C)c2ccccc2)CC1. The zero-order chi connectivity index (χ0) is 22.7. The number of aryl methyl sites for hydroxylation is 1. The summed E-state index contributed by atoms with van der Waals surface area (Å²) in [6.45, 7) is 5.90. The van der Waals surface area contributed by atoms with E-state index < -0.39 is 10.0 Å². The van der Waals surface area contributed by atoms with Crippen LogP contribution in [-0.4, -0.2) is 60.8 Å². The third-order valence-electron chi connectivity index (χ3n) is 6.81. The van der Waals surface area contributed by atoms with Crippen molar-refractivity contribution >= 4 is 15.9 Å². The van der Waals surface area contributed by atoms with Crippen molar-refractivity contribution in [2.24, 2.45) is 13.0 Å². The zero-order valence-corrected chi connectivity index (χ0v) is 19.9. The minimum Gasteiger partial charge on any atom is -0.349 e. The molecule has 2 fully saturated rings. The van der Waals surface area contributed by atoms with Gasteiger partial charge in [-0.15, -0.1) is 0 Å². The van der Waals surface area contributed by atoms with Gasteiger partial charge < -0.3 is 9.88 Å². The summed E-state index contributed by atoms with van der Waals surface area (Å²) in [6.07, 6.45) is 5.63. The second-order valence-electron chi connectivity index (χ2n) is 9.14. The van der Waals surface area contributed by atoms with Crippen LogP contribution in [0.15, 0.2) is 47.5 Å². The Bertz CT molecular complexity index is 1020. The van der Waals surface area contributed by atoms with Crippen LogP contribution in [0.2, 0.25) is 0 Å². The van der Waals surface area contributed by atoms with Crippen LogP contribution in [0.4, 0.5) is 0 Å². The van der Waals surface area contributed by atoms with Gasteiger partial charge in [-0.05, 0) is 56.3 Å². The molecule has 1 aromatic heterocycles. The summed E-state index contributed by atoms with van der Waals surface area (Å²) in [4.78, 5) is 15.7. The Morgan fingerprint density at radius 2 is 1.75 bits per heavy atom. The molecule has 4 rings (SSSR count). The summed E-state index contributed by atoms with van der Waals surface area (Å²) in [5.41, 5.74) is 1.55. The van der Waals surface area contributed by atoms with Gasteiger partial charge in [-0.1, -0.05) is 37.3 Å². The number of sulfonamides is 1. The van der Waals surface area contributed by atoms with Crippen LogP contribution in [0.3, 0.4) is 0 Å². The lowest BCUT2D eigenvalue weighted by Crippen LogP contribution is -2.42. The normalized spacial score (nSPS) is 19.8. The van der Waals surface area contributed by atoms with Gasteiger partial charge in [-0.3, -0.25) is 9.69 Å². The number of piperidine rings is 1. The zero-order valence-electron chi connectivity index (χ0n) is 19.0. The molecule has 1 N–H and O–H groups in total. The van der Waals surface area contributed by atoms with E-state index in [-0.39, 0.29) is 16.8 Å². The Morgan fingerprint density at radius 3 is 2.41 bits per heavy atom. The van der Waals surface area contributed by atoms with E-state index in [9.17, 15) is 13.2 Å². The van der Waals surface area contributed by atoms with E-state index in [4.69, 9.17) is 0 Å². The highest BCUT2D eigenvalue weighted by Crippen LogP contribution is 2.27. The van der Waals surface area contributed by atoms with Crippen molar-refractivity contribution in [2.45, 2.75) is 43.5 Å². The number of amides is 1. The number of hydrogen-bond donors (Lipinski definition) is 1. The number of carbonyl (C=O) groups is 1. The number of carbonyl (C=O) groups excluding carboxylic acids is 1. The summed E-state index contributed by atoms with van der Waals surface area (Å²) >= 11 is 0. The molecule has 1 aromatic carbocycles. The smallest absolute Gasteiger partial charge is 0.268 e. The summed E-state index contributed by atoms with van der Waals surface area (Å²) in [7, 11) is -1.83. The lowest BCUT2D eigenvalue weighted by atomic mass is 9.95. The van der Waals surface area contributed by atoms with E-state index in [1.165, 1.54) is 15.9 Å². The third-order valence-corrected chi connectivity index (χ3v) is 8.68. The molecule has 1 unspecified atom stereocenters. The van der Waals surface area contributed by atoms with E-state index in [1.807, 2.05) is 18.2 Å². The Labute approximate surface area is 191 Å². The fraction of sp³-hybridized carbons (Fsp3) is 0.542. The predicted octanol–water partition coefficient (Wildman–Crippen LogP) is 3.01. The average molecular weight is 459 g/mol. The topological polar surface area (TPSA) is 74.7 Å². The molecule has 0 spiro atoms. The number of nitrogens with zero attached hydrogens (tertiary/aromatic N) is 3. The van der Waals surface area contributed by atoms with Gasteiger partial charge in [0.1, 0.15) is 10.6 Å². The molecule has 174 valence electrons. The highest BCUT2D eigenvalue weighted by Gasteiger charge is 2.30. The van der Waals surface area contributed by atoms with E-state index in [2.05, 4.69) is 29.3 Å². The first-order chi connectivity index (χ1) is 15.4. The van der Waals surface area contributed by atoms with E-state index >= 15 is 0 Å². The molecule has 0 radical (unpaired) electrons. The molecular weight excluding hydrogens is 424 g/mol. The summed E-state index contributed by atoms with van der Waals surface area (Å²) in [5, 5.41) is 3.07. The predicted molar refractivity (Wildman–Crippen MR) is 125 cm³/mol. The largest absolute Gasteiger partial charge is 0.349 e. The number of hydrogen-bond acceptors (Lipinski definition) is 4. The van der Waals surface area contributed by atoms with Gasteiger partial charge in [0, 0.05) is 32.9 Å². The maximum atomic E-state index is 13.0. The second-order valence-corrected chi connectivity index (χ2v) is 11.1. The minimum atomic E-state index is -3.55. The Kier molecular flexibility index (Phi) is 7.02. The van der Waals surface area contributed by atoms with Crippen LogP contribution in [-0.2, 0) is 17.1 Å². The lowest BCUT2D eigenvalue weighted by molar-refractivity contribution is 0.0905. The summed E-state index contributed by atoms with van der Waals surface area (Å²) < 4.78 is 28.9. The van der Waals surface area contributed by atoms with Gasteiger partial charge in [0.15, 0.2) is 0 Å². The molecule has 2 aliphatic rings. The maximum Gasteiger partial charge on any atom is 0.268 e. The molecule has 2 aliphatic heterocycles. The minimum absolute atomic E-state index is 0.0979. The van der Waals surface area contributed by atoms with Crippen molar-refractivity contribution in [3.63, 3.8) is 0 Å². The van der Waals surface area contributed by atoms with Crippen molar-refractivity contribution < 1.29 is 13.2 Å². The van der Waals surface area contributed by atoms with Gasteiger partial charge in [-0.25, -0.2) is 8.42 Å². The average Bonchev–Trinajstić information content (AvgIpc) is 3.46. The highest BCUT2D eigenvalue weighted by molar-refractivity contribution is 7.89. The van der Waals surface area contributed by atoms with Crippen molar-refractivity contribution in [3.05, 3.63) is 53.9 Å². The van der Waals surface area contributed by atoms with Crippen molar-refractivity contribution in [1.29, 1.82) is 0 Å². The lowest BCUT2D eigenvalue weighted by Gasteiger charge is -2.37. The number of rotatable bonds is 7. The Balaban J connectivity index is 1.48. The van der Waals surface area contributed by atoms with Crippen LogP contribution < -0.4 is 5.32 Å². The summed E-state index contributed by atoms with van der Waals surface area (Å²) in [5.74, 6) is 0.485. The fourth-order valence-corrected chi connectivity index (χ4v) is 6.32. The van der Waals surface area contributed by atoms with Gasteiger partial charge in [0.2, 0.25) is 10.0 Å². The number of nitrogens with one attached hydrogen (secondary N) is 1. The van der Waals surface area contributed by atoms with E-state index in [0.717, 1.165) is 44.7 Å². The monoisotopic (exact) mass is 458 g/mol. The molecule has 0 bridgehead atoms. The molecule has 3 heterocycles. The Hall–Kier alpha value is -2.16. The summed E-state index contributed by atoms with van der Waals surface area (Å²) in [6, 6.07) is 11.9. The molecule has 1 atom stereocenters. The molecule has 2 saturated heterocycles. The standard InChI is InChI=1S/C24H34N4O3S/c1-19-10-14-27(15-11-19)23(20-8-4-3-5-9-20)17-25-24(29)22-16-21(18-26(22)2)32(30,31)28-12-6-7-13-28/h3-5,8-9,16,18-19,23H,6-7,10-15,17H2,1-2H3,(H,25,29). The quantitative estimate of drug-likeness (QED) is 0.692. The van der Waals surface area contributed by atoms with Gasteiger partial charge in [0.05, 0.1) is 6.04 Å². The van der Waals surface area contributed by atoms with Gasteiger partial charge in [0.25, 0.3) is 5.91 Å². The Morgan fingerprint density at radius 1 is 1.09 bits per heavy atom. The highest BCUT2D eigenvalue weighted by atomic mass is 32.2. The molecule has 8 heteroatoms. The second kappa shape index (κ2) is 9.77. The number of likely N-dealkylation sites (tertiary alicyclic amines) is 1. The fourth-order valence-electron chi connectivity index (χ4n) is 4.73. The molecule has 2 aromatic rings. The molecular formula is C24H34N4O3S.